The lowest BCUT2D eigenvalue weighted by Crippen LogP contribution is -2.43. The smallest absolute Gasteiger partial charge is 0.331 e. The van der Waals surface area contributed by atoms with Crippen LogP contribution in [0.15, 0.2) is 58.5 Å². The minimum Gasteiger partial charge on any atom is -0.350 e. The normalized spacial score (nSPS) is 17.4. The third-order valence-corrected chi connectivity index (χ3v) is 7.72. The first kappa shape index (κ1) is 26.8. The van der Waals surface area contributed by atoms with E-state index in [0.717, 1.165) is 66.5 Å². The highest BCUT2D eigenvalue weighted by Gasteiger charge is 2.31. The number of amides is 1. The van der Waals surface area contributed by atoms with Crippen LogP contribution in [0.25, 0.3) is 5.57 Å². The molecule has 204 valence electrons. The van der Waals surface area contributed by atoms with E-state index in [2.05, 4.69) is 35.2 Å². The number of nitrogens with zero attached hydrogens (tertiary/aromatic N) is 4. The van der Waals surface area contributed by atoms with Gasteiger partial charge in [-0.15, -0.1) is 0 Å². The van der Waals surface area contributed by atoms with Crippen molar-refractivity contribution >= 4 is 11.5 Å². The van der Waals surface area contributed by atoms with Crippen LogP contribution in [-0.2, 0) is 19.4 Å². The minimum absolute atomic E-state index is 0.0479. The highest BCUT2D eigenvalue weighted by molar-refractivity contribution is 5.92. The highest BCUT2D eigenvalue weighted by atomic mass is 16.2. The molecule has 1 amide bonds. The second-order valence-electron chi connectivity index (χ2n) is 10.7. The largest absolute Gasteiger partial charge is 0.350 e. The van der Waals surface area contributed by atoms with Gasteiger partial charge in [-0.05, 0) is 80.2 Å². The number of rotatable bonds is 8. The first-order valence-corrected chi connectivity index (χ1v) is 14.2. The first-order valence-electron chi connectivity index (χ1n) is 14.2. The molecule has 2 aliphatic carbocycles. The molecule has 0 radical (unpaired) electrons. The van der Waals surface area contributed by atoms with E-state index >= 15 is 0 Å². The Balaban J connectivity index is 1.32. The number of carbonyl (C=O) groups is 1. The van der Waals surface area contributed by atoms with Crippen LogP contribution in [0.5, 0.6) is 0 Å². The molecule has 0 spiro atoms. The van der Waals surface area contributed by atoms with Crippen molar-refractivity contribution < 1.29 is 4.79 Å². The van der Waals surface area contributed by atoms with Crippen molar-refractivity contribution in [2.24, 2.45) is 0 Å². The van der Waals surface area contributed by atoms with Crippen molar-refractivity contribution in [1.82, 2.24) is 24.4 Å². The lowest BCUT2D eigenvalue weighted by molar-refractivity contribution is 0.0949. The number of hydrogen-bond acceptors (Lipinski definition) is 5. The zero-order chi connectivity index (χ0) is 27.4. The van der Waals surface area contributed by atoms with Crippen LogP contribution in [0.2, 0.25) is 0 Å². The molecular weight excluding hydrogens is 490 g/mol. The summed E-state index contributed by atoms with van der Waals surface area (Å²) in [5.41, 5.74) is 5.11. The van der Waals surface area contributed by atoms with Gasteiger partial charge < -0.3 is 5.32 Å². The summed E-state index contributed by atoms with van der Waals surface area (Å²) in [7, 11) is 0. The standard InChI is InChI=1S/C31H37N5O3/c1-3-18-35-28-21(2)9-10-23(7-4-8-26(28)30(38)36(31(35)39)25-12-13-25)24-11-14-27(34-20-24)29(37)33-17-15-22-6-5-16-32-19-22/h5-6,10-11,14,16,19-21,25H,3-4,7-9,12-13,15,17-18H2,1-2H3,(H,33,37). The molecule has 8 heteroatoms. The minimum atomic E-state index is -0.196. The van der Waals surface area contributed by atoms with E-state index in [1.54, 1.807) is 24.7 Å². The van der Waals surface area contributed by atoms with Crippen LogP contribution in [-0.4, -0.2) is 31.6 Å². The maximum atomic E-state index is 13.5. The number of aromatic nitrogens is 4. The Morgan fingerprint density at radius 1 is 1.13 bits per heavy atom. The predicted octanol–water partition coefficient (Wildman–Crippen LogP) is 4.43. The van der Waals surface area contributed by atoms with Crippen molar-refractivity contribution in [2.45, 2.75) is 83.7 Å². The zero-order valence-electron chi connectivity index (χ0n) is 22.9. The first-order chi connectivity index (χ1) is 19.0. The molecule has 8 nitrogen and oxygen atoms in total. The van der Waals surface area contributed by atoms with E-state index in [1.165, 1.54) is 4.57 Å². The molecule has 2 aliphatic rings. The van der Waals surface area contributed by atoms with Gasteiger partial charge in [0.15, 0.2) is 0 Å². The van der Waals surface area contributed by atoms with E-state index < -0.39 is 0 Å². The van der Waals surface area contributed by atoms with Crippen LogP contribution in [0.3, 0.4) is 0 Å². The summed E-state index contributed by atoms with van der Waals surface area (Å²) in [5, 5.41) is 2.93. The van der Waals surface area contributed by atoms with Gasteiger partial charge in [0.1, 0.15) is 5.69 Å². The number of carbonyl (C=O) groups excluding carboxylic acids is 1. The molecule has 1 unspecified atom stereocenters. The monoisotopic (exact) mass is 527 g/mol. The van der Waals surface area contributed by atoms with Gasteiger partial charge in [0.25, 0.3) is 11.5 Å². The van der Waals surface area contributed by atoms with Gasteiger partial charge >= 0.3 is 5.69 Å². The van der Waals surface area contributed by atoms with Crippen LogP contribution < -0.4 is 16.6 Å². The summed E-state index contributed by atoms with van der Waals surface area (Å²) < 4.78 is 3.40. The Morgan fingerprint density at radius 2 is 1.97 bits per heavy atom. The molecule has 1 N–H and O–H groups in total. The van der Waals surface area contributed by atoms with Gasteiger partial charge in [0.05, 0.1) is 0 Å². The van der Waals surface area contributed by atoms with Gasteiger partial charge in [0, 0.05) is 54.9 Å². The Hall–Kier alpha value is -3.81. The summed E-state index contributed by atoms with van der Waals surface area (Å²) in [5.74, 6) is -0.148. The number of pyridine rings is 2. The Kier molecular flexibility index (Phi) is 8.19. The van der Waals surface area contributed by atoms with Crippen molar-refractivity contribution in [3.8, 4) is 0 Å². The van der Waals surface area contributed by atoms with Crippen LogP contribution >= 0.6 is 0 Å². The van der Waals surface area contributed by atoms with Gasteiger partial charge in [-0.3, -0.25) is 28.7 Å². The van der Waals surface area contributed by atoms with Crippen LogP contribution in [0.4, 0.5) is 0 Å². The zero-order valence-corrected chi connectivity index (χ0v) is 22.9. The molecule has 3 heterocycles. The number of hydrogen-bond donors (Lipinski definition) is 1. The molecule has 5 rings (SSSR count). The van der Waals surface area contributed by atoms with Crippen molar-refractivity contribution in [3.63, 3.8) is 0 Å². The Labute approximate surface area is 228 Å². The molecule has 1 fully saturated rings. The lowest BCUT2D eigenvalue weighted by atomic mass is 9.96. The quantitative estimate of drug-likeness (QED) is 0.467. The van der Waals surface area contributed by atoms with Crippen LogP contribution in [0.1, 0.15) is 97.2 Å². The Bertz CT molecular complexity index is 1470. The number of fused-ring (bicyclic) bond motifs is 1. The SMILES string of the molecule is CCCn1c2c(c(=O)n(C3CC3)c1=O)CCCC(c1ccc(C(=O)NCCc3cccnc3)nc1)=CCC2C. The second kappa shape index (κ2) is 11.9. The van der Waals surface area contributed by atoms with Gasteiger partial charge in [-0.1, -0.05) is 32.1 Å². The van der Waals surface area contributed by atoms with Gasteiger partial charge in [-0.2, -0.15) is 0 Å². The third-order valence-electron chi connectivity index (χ3n) is 7.72. The highest BCUT2D eigenvalue weighted by Crippen LogP contribution is 2.34. The Morgan fingerprint density at radius 3 is 2.67 bits per heavy atom. The summed E-state index contributed by atoms with van der Waals surface area (Å²) in [6.45, 7) is 5.33. The fourth-order valence-electron chi connectivity index (χ4n) is 5.56. The molecule has 3 aromatic rings. The number of nitrogens with one attached hydrogen (secondary N) is 1. The molecule has 0 aliphatic heterocycles. The van der Waals surface area contributed by atoms with E-state index in [4.69, 9.17) is 0 Å². The predicted molar refractivity (Wildman–Crippen MR) is 152 cm³/mol. The average Bonchev–Trinajstić information content (AvgIpc) is 3.77. The fourth-order valence-corrected chi connectivity index (χ4v) is 5.56. The summed E-state index contributed by atoms with van der Waals surface area (Å²) in [4.78, 5) is 48.0. The molecule has 0 saturated heterocycles. The van der Waals surface area contributed by atoms with Gasteiger partial charge in [0.2, 0.25) is 0 Å². The number of allylic oxidation sites excluding steroid dienone is 2. The molecule has 1 atom stereocenters. The van der Waals surface area contributed by atoms with Crippen molar-refractivity contribution in [3.05, 3.63) is 97.8 Å². The van der Waals surface area contributed by atoms with E-state index in [1.807, 2.05) is 22.8 Å². The summed E-state index contributed by atoms with van der Waals surface area (Å²) in [6.07, 6.45) is 13.9. The molecule has 3 aromatic heterocycles. The molecule has 0 aromatic carbocycles. The van der Waals surface area contributed by atoms with E-state index in [0.29, 0.717) is 31.6 Å². The molecular formula is C31H37N5O3. The van der Waals surface area contributed by atoms with Crippen LogP contribution in [0, 0.1) is 0 Å². The third kappa shape index (κ3) is 5.95. The van der Waals surface area contributed by atoms with Crippen molar-refractivity contribution in [2.75, 3.05) is 6.54 Å². The fraction of sp³-hybridized carbons (Fsp3) is 0.452. The second-order valence-corrected chi connectivity index (χ2v) is 10.7. The molecule has 0 bridgehead atoms. The van der Waals surface area contributed by atoms with E-state index in [-0.39, 0.29) is 29.1 Å². The maximum Gasteiger partial charge on any atom is 0.331 e. The molecule has 39 heavy (non-hydrogen) atoms. The van der Waals surface area contributed by atoms with Gasteiger partial charge in [-0.25, -0.2) is 4.79 Å². The maximum absolute atomic E-state index is 13.5. The molecule has 1 saturated carbocycles. The summed E-state index contributed by atoms with van der Waals surface area (Å²) in [6, 6.07) is 7.66. The lowest BCUT2D eigenvalue weighted by Gasteiger charge is -2.22. The topological polar surface area (TPSA) is 98.9 Å². The average molecular weight is 528 g/mol. The summed E-state index contributed by atoms with van der Waals surface area (Å²) >= 11 is 0. The van der Waals surface area contributed by atoms with Crippen molar-refractivity contribution in [1.29, 1.82) is 0 Å². The van der Waals surface area contributed by atoms with E-state index in [9.17, 15) is 14.4 Å².